The summed E-state index contributed by atoms with van der Waals surface area (Å²) >= 11 is 0. The Bertz CT molecular complexity index is 1490. The maximum atomic E-state index is 12.9. The number of aromatic nitrogens is 1. The average Bonchev–Trinajstić information content (AvgIpc) is 3.01. The highest BCUT2D eigenvalue weighted by atomic mass is 32.2. The molecule has 1 aliphatic heterocycles. The number of rotatable bonds is 5. The number of fused-ring (bicyclic) bond motifs is 1. The molecule has 160 valence electrons. The van der Waals surface area contributed by atoms with Gasteiger partial charge in [0.15, 0.2) is 6.61 Å². The van der Waals surface area contributed by atoms with Crippen molar-refractivity contribution in [1.29, 1.82) is 0 Å². The number of esters is 1. The van der Waals surface area contributed by atoms with Gasteiger partial charge in [-0.25, -0.2) is 8.42 Å². The largest absolute Gasteiger partial charge is 0.454 e. The molecule has 0 bridgehead atoms. The van der Waals surface area contributed by atoms with E-state index in [-0.39, 0.29) is 4.90 Å². The summed E-state index contributed by atoms with van der Waals surface area (Å²) in [7, 11) is -3.88. The molecule has 0 unspecified atom stereocenters. The Balaban J connectivity index is 1.28. The summed E-state index contributed by atoms with van der Waals surface area (Å²) in [5.41, 5.74) is 1.68. The number of hydrogen-bond donors (Lipinski definition) is 1. The van der Waals surface area contributed by atoms with Crippen molar-refractivity contribution >= 4 is 54.9 Å². The fourth-order valence-corrected chi connectivity index (χ4v) is 5.49. The lowest BCUT2D eigenvalue weighted by atomic mass is 10.1. The molecule has 9 heteroatoms. The van der Waals surface area contributed by atoms with Crippen molar-refractivity contribution in [3.8, 4) is 0 Å². The lowest BCUT2D eigenvalue weighted by Gasteiger charge is -2.17. The molecule has 2 heterocycles. The molecule has 1 aromatic heterocycles. The first-order valence-electron chi connectivity index (χ1n) is 9.79. The van der Waals surface area contributed by atoms with Gasteiger partial charge in [0.25, 0.3) is 15.9 Å². The van der Waals surface area contributed by atoms with E-state index in [0.29, 0.717) is 16.8 Å². The predicted molar refractivity (Wildman–Crippen MR) is 120 cm³/mol. The third-order valence-electron chi connectivity index (χ3n) is 5.24. The van der Waals surface area contributed by atoms with Gasteiger partial charge in [0.05, 0.1) is 21.8 Å². The Morgan fingerprint density at radius 3 is 2.59 bits per heavy atom. The number of amides is 1. The van der Waals surface area contributed by atoms with Crippen LogP contribution >= 0.6 is 0 Å². The van der Waals surface area contributed by atoms with E-state index in [1.807, 2.05) is 24.3 Å². The number of carbonyl (C=O) groups is 2. The van der Waals surface area contributed by atoms with Crippen LogP contribution in [0.15, 0.2) is 77.8 Å². The molecule has 0 saturated carbocycles. The van der Waals surface area contributed by atoms with Crippen LogP contribution in [0, 0.1) is 0 Å². The van der Waals surface area contributed by atoms with Crippen molar-refractivity contribution in [2.75, 3.05) is 22.8 Å². The van der Waals surface area contributed by atoms with Crippen LogP contribution in [0.5, 0.6) is 0 Å². The number of benzene rings is 3. The first-order valence-corrected chi connectivity index (χ1v) is 11.2. The topological polar surface area (TPSA) is 106 Å². The van der Waals surface area contributed by atoms with E-state index in [1.165, 1.54) is 6.07 Å². The van der Waals surface area contributed by atoms with Crippen LogP contribution < -0.4 is 9.62 Å². The first kappa shape index (κ1) is 20.0. The normalized spacial score (nSPS) is 13.9. The SMILES string of the molecule is O=C(COC(=O)CN1c2cccc3cccc(c23)S1(=O)=O)Nc1cccc2ncccc12. The Morgan fingerprint density at radius 1 is 0.969 bits per heavy atom. The monoisotopic (exact) mass is 447 g/mol. The number of nitrogens with zero attached hydrogens (tertiary/aromatic N) is 2. The molecule has 32 heavy (non-hydrogen) atoms. The van der Waals surface area contributed by atoms with Crippen LogP contribution in [0.1, 0.15) is 0 Å². The third kappa shape index (κ3) is 3.32. The molecular weight excluding hydrogens is 430 g/mol. The molecular formula is C23H17N3O5S. The van der Waals surface area contributed by atoms with Gasteiger partial charge in [-0.15, -0.1) is 0 Å². The van der Waals surface area contributed by atoms with E-state index in [1.54, 1.807) is 42.6 Å². The summed E-state index contributed by atoms with van der Waals surface area (Å²) in [6, 6.07) is 19.0. The summed E-state index contributed by atoms with van der Waals surface area (Å²) in [4.78, 5) is 29.1. The molecule has 1 N–H and O–H groups in total. The molecule has 0 spiro atoms. The van der Waals surface area contributed by atoms with E-state index < -0.39 is 35.1 Å². The highest BCUT2D eigenvalue weighted by Crippen LogP contribution is 2.41. The van der Waals surface area contributed by atoms with E-state index >= 15 is 0 Å². The first-order chi connectivity index (χ1) is 15.4. The number of hydrogen-bond acceptors (Lipinski definition) is 6. The Hall–Kier alpha value is -3.98. The molecule has 0 radical (unpaired) electrons. The Labute approximate surface area is 183 Å². The van der Waals surface area contributed by atoms with Crippen LogP contribution in [0.3, 0.4) is 0 Å². The third-order valence-corrected chi connectivity index (χ3v) is 7.04. The average molecular weight is 447 g/mol. The molecule has 0 aliphatic carbocycles. The number of nitrogens with one attached hydrogen (secondary N) is 1. The van der Waals surface area contributed by atoms with Crippen molar-refractivity contribution in [2.24, 2.45) is 0 Å². The summed E-state index contributed by atoms with van der Waals surface area (Å²) < 4.78 is 32.0. The highest BCUT2D eigenvalue weighted by Gasteiger charge is 2.37. The molecule has 1 amide bonds. The zero-order valence-corrected chi connectivity index (χ0v) is 17.5. The van der Waals surface area contributed by atoms with Crippen molar-refractivity contribution in [2.45, 2.75) is 4.90 Å². The van der Waals surface area contributed by atoms with Crippen LogP contribution in [-0.2, 0) is 24.3 Å². The second kappa shape index (κ2) is 7.61. The molecule has 5 rings (SSSR count). The predicted octanol–water partition coefficient (Wildman–Crippen LogP) is 3.08. The molecule has 1 aliphatic rings. The van der Waals surface area contributed by atoms with Crippen molar-refractivity contribution in [3.63, 3.8) is 0 Å². The smallest absolute Gasteiger partial charge is 0.327 e. The highest BCUT2D eigenvalue weighted by molar-refractivity contribution is 7.93. The summed E-state index contributed by atoms with van der Waals surface area (Å²) in [5.74, 6) is -1.36. The Morgan fingerprint density at radius 2 is 1.75 bits per heavy atom. The van der Waals surface area contributed by atoms with Gasteiger partial charge >= 0.3 is 5.97 Å². The maximum Gasteiger partial charge on any atom is 0.327 e. The van der Waals surface area contributed by atoms with Crippen LogP contribution in [0.4, 0.5) is 11.4 Å². The van der Waals surface area contributed by atoms with E-state index in [0.717, 1.165) is 20.6 Å². The number of anilines is 2. The van der Waals surface area contributed by atoms with Crippen LogP contribution in [0.25, 0.3) is 21.7 Å². The van der Waals surface area contributed by atoms with Gasteiger partial charge in [0, 0.05) is 17.0 Å². The zero-order chi connectivity index (χ0) is 22.3. The summed E-state index contributed by atoms with van der Waals surface area (Å²) in [5, 5.41) is 4.79. The second-order valence-corrected chi connectivity index (χ2v) is 9.06. The fraction of sp³-hybridized carbons (Fsp3) is 0.0870. The molecule has 0 saturated heterocycles. The van der Waals surface area contributed by atoms with Gasteiger partial charge in [0.1, 0.15) is 6.54 Å². The molecule has 3 aromatic carbocycles. The van der Waals surface area contributed by atoms with E-state index in [4.69, 9.17) is 4.74 Å². The quantitative estimate of drug-likeness (QED) is 0.472. The molecule has 4 aromatic rings. The minimum atomic E-state index is -3.88. The summed E-state index contributed by atoms with van der Waals surface area (Å²) in [6.07, 6.45) is 1.65. The number of carbonyl (C=O) groups excluding carboxylic acids is 2. The van der Waals surface area contributed by atoms with Gasteiger partial charge in [-0.3, -0.25) is 18.9 Å². The minimum absolute atomic E-state index is 0.153. The molecule has 0 fully saturated rings. The van der Waals surface area contributed by atoms with Crippen LogP contribution in [0.2, 0.25) is 0 Å². The number of pyridine rings is 1. The number of ether oxygens (including phenoxy) is 1. The lowest BCUT2D eigenvalue weighted by Crippen LogP contribution is -2.34. The van der Waals surface area contributed by atoms with Crippen LogP contribution in [-0.4, -0.2) is 38.4 Å². The van der Waals surface area contributed by atoms with Gasteiger partial charge in [-0.1, -0.05) is 30.3 Å². The van der Waals surface area contributed by atoms with Crippen molar-refractivity contribution in [3.05, 3.63) is 72.9 Å². The van der Waals surface area contributed by atoms with Gasteiger partial charge in [-0.05, 0) is 41.8 Å². The second-order valence-electron chi connectivity index (χ2n) is 7.23. The van der Waals surface area contributed by atoms with Crippen molar-refractivity contribution < 1.29 is 22.7 Å². The standard InChI is InChI=1S/C23H17N3O5S/c27-21(25-18-9-3-8-17-16(18)7-4-12-24-17)14-31-22(28)13-26-19-10-1-5-15-6-2-11-20(23(15)19)32(26,29)30/h1-12H,13-14H2,(H,25,27). The van der Waals surface area contributed by atoms with Gasteiger partial charge < -0.3 is 10.1 Å². The minimum Gasteiger partial charge on any atom is -0.454 e. The van der Waals surface area contributed by atoms with Crippen molar-refractivity contribution in [1.82, 2.24) is 4.98 Å². The lowest BCUT2D eigenvalue weighted by molar-refractivity contribution is -0.145. The van der Waals surface area contributed by atoms with E-state index in [2.05, 4.69) is 10.3 Å². The molecule has 0 atom stereocenters. The van der Waals surface area contributed by atoms with Gasteiger partial charge in [-0.2, -0.15) is 0 Å². The number of sulfonamides is 1. The summed E-state index contributed by atoms with van der Waals surface area (Å²) in [6.45, 7) is -1.07. The maximum absolute atomic E-state index is 12.9. The van der Waals surface area contributed by atoms with E-state index in [9.17, 15) is 18.0 Å². The van der Waals surface area contributed by atoms with Gasteiger partial charge in [0.2, 0.25) is 0 Å². The zero-order valence-electron chi connectivity index (χ0n) is 16.7. The fourth-order valence-electron chi connectivity index (χ4n) is 3.84. The molecule has 8 nitrogen and oxygen atoms in total. The Kier molecular flexibility index (Phi) is 4.75.